The zero-order valence-electron chi connectivity index (χ0n) is 17.5. The van der Waals surface area contributed by atoms with Crippen molar-refractivity contribution in [1.82, 2.24) is 0 Å². The van der Waals surface area contributed by atoms with Crippen LogP contribution in [0.25, 0.3) is 0 Å². The molecule has 5 heteroatoms. The van der Waals surface area contributed by atoms with Crippen LogP contribution in [-0.2, 0) is 14.0 Å². The first-order valence-electron chi connectivity index (χ1n) is 9.15. The van der Waals surface area contributed by atoms with Gasteiger partial charge in [0.1, 0.15) is 0 Å². The number of esters is 1. The van der Waals surface area contributed by atoms with Crippen LogP contribution in [0, 0.1) is 11.3 Å². The Bertz CT molecular complexity index is 393. The lowest BCUT2D eigenvalue weighted by Crippen LogP contribution is -2.47. The molecule has 1 N–H and O–H groups in total. The molecule has 0 unspecified atom stereocenters. The third kappa shape index (κ3) is 7.66. The van der Waals surface area contributed by atoms with Crippen LogP contribution in [-0.4, -0.2) is 38.2 Å². The van der Waals surface area contributed by atoms with E-state index in [4.69, 9.17) is 9.16 Å². The van der Waals surface area contributed by atoms with E-state index in [1.54, 1.807) is 0 Å². The maximum absolute atomic E-state index is 12.0. The smallest absolute Gasteiger partial charge is 0.311 e. The first-order chi connectivity index (χ1) is 10.6. The van der Waals surface area contributed by atoms with Gasteiger partial charge in [0.15, 0.2) is 8.32 Å². The highest BCUT2D eigenvalue weighted by atomic mass is 28.4. The molecule has 0 aromatic rings. The molecule has 3 atom stereocenters. The minimum atomic E-state index is -1.95. The van der Waals surface area contributed by atoms with E-state index < -0.39 is 13.7 Å². The summed E-state index contributed by atoms with van der Waals surface area (Å²) in [5.41, 5.74) is -0.502. The molecule has 4 nitrogen and oxygen atoms in total. The van der Waals surface area contributed by atoms with Gasteiger partial charge in [-0.15, -0.1) is 0 Å². The molecule has 0 radical (unpaired) electrons. The molecule has 0 saturated heterocycles. The Morgan fingerprint density at radius 3 is 2.00 bits per heavy atom. The molecular weight excluding hydrogens is 320 g/mol. The van der Waals surface area contributed by atoms with E-state index in [9.17, 15) is 9.90 Å². The summed E-state index contributed by atoms with van der Waals surface area (Å²) in [5, 5.41) is 10.2. The van der Waals surface area contributed by atoms with Gasteiger partial charge in [0, 0.05) is 5.92 Å². The van der Waals surface area contributed by atoms with Gasteiger partial charge >= 0.3 is 5.97 Å². The lowest BCUT2D eigenvalue weighted by molar-refractivity contribution is -0.155. The minimum absolute atomic E-state index is 0.0478. The van der Waals surface area contributed by atoms with Crippen LogP contribution < -0.4 is 0 Å². The topological polar surface area (TPSA) is 55.8 Å². The summed E-state index contributed by atoms with van der Waals surface area (Å²) in [7, 11) is -1.95. The molecule has 0 saturated carbocycles. The molecule has 0 aromatic heterocycles. The fraction of sp³-hybridized carbons (Fsp3) is 0.947. The Hall–Kier alpha value is -0.393. The number of rotatable bonds is 8. The molecule has 0 aliphatic rings. The van der Waals surface area contributed by atoms with Gasteiger partial charge in [-0.2, -0.15) is 0 Å². The molecule has 0 aliphatic heterocycles. The highest BCUT2D eigenvalue weighted by molar-refractivity contribution is 6.74. The van der Waals surface area contributed by atoms with Crippen LogP contribution in [0.1, 0.15) is 68.2 Å². The maximum Gasteiger partial charge on any atom is 0.311 e. The normalized spacial score (nSPS) is 17.3. The van der Waals surface area contributed by atoms with Crippen molar-refractivity contribution in [1.29, 1.82) is 0 Å². The highest BCUT2D eigenvalue weighted by Gasteiger charge is 2.40. The van der Waals surface area contributed by atoms with Crippen LogP contribution in [0.3, 0.4) is 0 Å². The molecule has 0 aromatic carbocycles. The second kappa shape index (κ2) is 8.81. The summed E-state index contributed by atoms with van der Waals surface area (Å²) >= 11 is 0. The Kier molecular flexibility index (Phi) is 8.67. The number of carbonyl (C=O) groups excluding carboxylic acids is 1. The quantitative estimate of drug-likeness (QED) is 0.501. The fourth-order valence-corrected chi connectivity index (χ4v) is 3.36. The molecule has 0 heterocycles. The lowest BCUT2D eigenvalue weighted by atomic mass is 9.96. The third-order valence-electron chi connectivity index (χ3n) is 4.95. The zero-order chi connectivity index (χ0) is 19.3. The van der Waals surface area contributed by atoms with Crippen LogP contribution >= 0.6 is 0 Å². The van der Waals surface area contributed by atoms with E-state index >= 15 is 0 Å². The van der Waals surface area contributed by atoms with Gasteiger partial charge < -0.3 is 14.3 Å². The first-order valence-corrected chi connectivity index (χ1v) is 12.1. The van der Waals surface area contributed by atoms with Crippen molar-refractivity contribution in [2.24, 2.45) is 11.3 Å². The van der Waals surface area contributed by atoms with Crippen molar-refractivity contribution in [2.45, 2.75) is 98.6 Å². The van der Waals surface area contributed by atoms with E-state index in [-0.39, 0.29) is 29.1 Å². The van der Waals surface area contributed by atoms with E-state index in [1.165, 1.54) is 0 Å². The molecule has 0 rings (SSSR count). The predicted octanol–water partition coefficient (Wildman–Crippen LogP) is 4.76. The average Bonchev–Trinajstić information content (AvgIpc) is 2.40. The highest BCUT2D eigenvalue weighted by Crippen LogP contribution is 2.38. The van der Waals surface area contributed by atoms with Crippen molar-refractivity contribution in [2.75, 3.05) is 6.61 Å². The van der Waals surface area contributed by atoms with E-state index in [0.29, 0.717) is 19.4 Å². The summed E-state index contributed by atoms with van der Waals surface area (Å²) in [4.78, 5) is 12.0. The van der Waals surface area contributed by atoms with E-state index in [1.807, 2.05) is 34.6 Å². The Morgan fingerprint density at radius 1 is 1.12 bits per heavy atom. The number of ether oxygens (including phenoxy) is 1. The van der Waals surface area contributed by atoms with Crippen LogP contribution in [0.5, 0.6) is 0 Å². The Morgan fingerprint density at radius 2 is 1.62 bits per heavy atom. The Balaban J connectivity index is 5.03. The molecular formula is C19H40O4Si. The molecule has 24 heavy (non-hydrogen) atoms. The summed E-state index contributed by atoms with van der Waals surface area (Å²) < 4.78 is 12.0. The van der Waals surface area contributed by atoms with Crippen LogP contribution in [0.15, 0.2) is 0 Å². The van der Waals surface area contributed by atoms with Crippen molar-refractivity contribution in [3.05, 3.63) is 0 Å². The molecule has 0 spiro atoms. The van der Waals surface area contributed by atoms with Crippen LogP contribution in [0.4, 0.5) is 0 Å². The van der Waals surface area contributed by atoms with Crippen molar-refractivity contribution < 1.29 is 19.1 Å². The second-order valence-electron chi connectivity index (χ2n) is 9.54. The van der Waals surface area contributed by atoms with Gasteiger partial charge in [0.25, 0.3) is 0 Å². The van der Waals surface area contributed by atoms with Crippen LogP contribution in [0.2, 0.25) is 18.1 Å². The van der Waals surface area contributed by atoms with Crippen molar-refractivity contribution >= 4 is 14.3 Å². The maximum atomic E-state index is 12.0. The largest absolute Gasteiger partial charge is 0.465 e. The monoisotopic (exact) mass is 360 g/mol. The molecule has 0 amide bonds. The van der Waals surface area contributed by atoms with Gasteiger partial charge in [0.2, 0.25) is 0 Å². The zero-order valence-corrected chi connectivity index (χ0v) is 18.5. The SMILES string of the molecule is CC[C@@H](O)C[C@H](O[Si](C)(C)C(C)(C)C)[C@@H](C)COC(=O)C(C)(C)C. The summed E-state index contributed by atoms with van der Waals surface area (Å²) in [5.74, 6) is -0.150. The summed E-state index contributed by atoms with van der Waals surface area (Å²) in [6.45, 7) is 20.9. The van der Waals surface area contributed by atoms with E-state index in [0.717, 1.165) is 0 Å². The van der Waals surface area contributed by atoms with Crippen molar-refractivity contribution in [3.8, 4) is 0 Å². The summed E-state index contributed by atoms with van der Waals surface area (Å²) in [6.07, 6.45) is 0.789. The summed E-state index contributed by atoms with van der Waals surface area (Å²) in [6, 6.07) is 0. The molecule has 0 aliphatic carbocycles. The number of hydrogen-bond acceptors (Lipinski definition) is 4. The van der Waals surface area contributed by atoms with Gasteiger partial charge in [-0.25, -0.2) is 0 Å². The average molecular weight is 361 g/mol. The fourth-order valence-electron chi connectivity index (χ4n) is 1.92. The number of hydrogen-bond donors (Lipinski definition) is 1. The molecule has 0 bridgehead atoms. The number of carbonyl (C=O) groups is 1. The third-order valence-corrected chi connectivity index (χ3v) is 9.46. The number of aliphatic hydroxyl groups is 1. The standard InChI is InChI=1S/C19H40O4Si/c1-11-15(20)12-16(23-24(9,10)19(6,7)8)14(2)13-22-17(21)18(3,4)5/h14-16,20H,11-13H2,1-10H3/t14-,15+,16-/m0/s1. The molecule has 0 fully saturated rings. The van der Waals surface area contributed by atoms with Gasteiger partial charge in [-0.05, 0) is 51.7 Å². The lowest BCUT2D eigenvalue weighted by Gasteiger charge is -2.41. The van der Waals surface area contributed by atoms with Gasteiger partial charge in [-0.3, -0.25) is 4.79 Å². The van der Waals surface area contributed by atoms with Crippen molar-refractivity contribution in [3.63, 3.8) is 0 Å². The van der Waals surface area contributed by atoms with E-state index in [2.05, 4.69) is 33.9 Å². The Labute approximate surface area is 150 Å². The predicted molar refractivity (Wildman–Crippen MR) is 103 cm³/mol. The minimum Gasteiger partial charge on any atom is -0.465 e. The second-order valence-corrected chi connectivity index (χ2v) is 14.3. The molecule has 144 valence electrons. The number of aliphatic hydroxyl groups excluding tert-OH is 1. The van der Waals surface area contributed by atoms with Gasteiger partial charge in [-0.1, -0.05) is 34.6 Å². The first kappa shape index (κ1) is 23.6. The van der Waals surface area contributed by atoms with Gasteiger partial charge in [0.05, 0.1) is 24.2 Å².